The minimum Gasteiger partial charge on any atom is -0.350 e. The molecule has 1 aliphatic carbocycles. The topological polar surface area (TPSA) is 31.4 Å². The molecule has 0 unspecified atom stereocenters. The van der Waals surface area contributed by atoms with Crippen LogP contribution >= 0.6 is 0 Å². The van der Waals surface area contributed by atoms with E-state index in [0.29, 0.717) is 13.2 Å². The normalized spacial score (nSPS) is 18.5. The number of nitrogens with zero attached hydrogens (tertiary/aromatic N) is 1. The van der Waals surface area contributed by atoms with Gasteiger partial charge in [0.15, 0.2) is 5.79 Å². The van der Waals surface area contributed by atoms with Crippen molar-refractivity contribution in [2.45, 2.75) is 12.2 Å². The van der Waals surface area contributed by atoms with Crippen LogP contribution in [0.4, 0.5) is 0 Å². The Bertz CT molecular complexity index is 561. The van der Waals surface area contributed by atoms with Crippen LogP contribution < -0.4 is 0 Å². The predicted octanol–water partition coefficient (Wildman–Crippen LogP) is 2.50. The van der Waals surface area contributed by atoms with Crippen LogP contribution in [0.5, 0.6) is 0 Å². The van der Waals surface area contributed by atoms with E-state index in [1.54, 1.807) is 6.20 Å². The summed E-state index contributed by atoms with van der Waals surface area (Å²) in [5.41, 5.74) is 3.95. The van der Waals surface area contributed by atoms with Crippen molar-refractivity contribution < 1.29 is 30.5 Å². The smallest absolute Gasteiger partial charge is 0.179 e. The number of ether oxygens (including phenoxy) is 2. The quantitative estimate of drug-likeness (QED) is 0.599. The van der Waals surface area contributed by atoms with Gasteiger partial charge in [-0.25, -0.2) is 0 Å². The van der Waals surface area contributed by atoms with Gasteiger partial charge in [-0.2, -0.15) is 0 Å². The van der Waals surface area contributed by atoms with Gasteiger partial charge >= 0.3 is 0 Å². The van der Waals surface area contributed by atoms with E-state index in [2.05, 4.69) is 11.1 Å². The van der Waals surface area contributed by atoms with Gasteiger partial charge in [-0.1, -0.05) is 11.6 Å². The van der Waals surface area contributed by atoms with Crippen molar-refractivity contribution in [2.75, 3.05) is 13.2 Å². The van der Waals surface area contributed by atoms with Crippen molar-refractivity contribution in [3.05, 3.63) is 53.7 Å². The Morgan fingerprint density at radius 1 is 1.11 bits per heavy atom. The number of aromatic nitrogens is 1. The first-order valence-electron chi connectivity index (χ1n) is 6.17. The monoisotopic (exact) mass is 433 g/mol. The van der Waals surface area contributed by atoms with E-state index in [1.807, 2.05) is 30.3 Å². The van der Waals surface area contributed by atoms with Crippen molar-refractivity contribution in [1.82, 2.24) is 4.98 Å². The molecule has 2 aromatic rings. The summed E-state index contributed by atoms with van der Waals surface area (Å²) in [6.07, 6.45) is 2.73. The summed E-state index contributed by atoms with van der Waals surface area (Å²) in [6, 6.07) is 13.1. The SMILES string of the molecule is [Pt].[c-]1cccc2c1-c1ncccc1C21OCCCO1. The molecule has 0 bridgehead atoms. The Labute approximate surface area is 126 Å². The van der Waals surface area contributed by atoms with Crippen LogP contribution in [0, 0.1) is 6.07 Å². The molecule has 4 rings (SSSR count). The van der Waals surface area contributed by atoms with Crippen molar-refractivity contribution >= 4 is 0 Å². The molecule has 1 aromatic carbocycles. The number of rotatable bonds is 0. The third-order valence-electron chi connectivity index (χ3n) is 3.51. The molecule has 1 saturated heterocycles. The molecule has 0 saturated carbocycles. The molecule has 0 N–H and O–H groups in total. The zero-order valence-electron chi connectivity index (χ0n) is 10.2. The van der Waals surface area contributed by atoms with Crippen LogP contribution in [0.2, 0.25) is 0 Å². The van der Waals surface area contributed by atoms with E-state index in [4.69, 9.17) is 9.47 Å². The second-order valence-corrected chi connectivity index (χ2v) is 4.53. The molecular formula is C15H12NO2Pt-. The number of fused-ring (bicyclic) bond motifs is 5. The third-order valence-corrected chi connectivity index (χ3v) is 3.51. The van der Waals surface area contributed by atoms with E-state index < -0.39 is 5.79 Å². The van der Waals surface area contributed by atoms with Gasteiger partial charge in [0, 0.05) is 27.3 Å². The van der Waals surface area contributed by atoms with Crippen LogP contribution in [0.15, 0.2) is 36.5 Å². The molecule has 1 aliphatic heterocycles. The Morgan fingerprint density at radius 3 is 2.74 bits per heavy atom. The first-order valence-corrected chi connectivity index (χ1v) is 6.17. The molecule has 0 radical (unpaired) electrons. The molecule has 1 fully saturated rings. The van der Waals surface area contributed by atoms with Crippen LogP contribution in [0.25, 0.3) is 11.3 Å². The summed E-state index contributed by atoms with van der Waals surface area (Å²) in [5, 5.41) is 0. The average molecular weight is 433 g/mol. The fraction of sp³-hybridized carbons (Fsp3) is 0.267. The molecule has 4 heteroatoms. The Kier molecular flexibility index (Phi) is 3.30. The maximum Gasteiger partial charge on any atom is 0.179 e. The van der Waals surface area contributed by atoms with Crippen LogP contribution in [-0.4, -0.2) is 18.2 Å². The van der Waals surface area contributed by atoms with Gasteiger partial charge < -0.3 is 14.5 Å². The number of hydrogen-bond donors (Lipinski definition) is 0. The van der Waals surface area contributed by atoms with Gasteiger partial charge in [0.05, 0.1) is 13.2 Å². The first-order chi connectivity index (χ1) is 8.92. The molecule has 0 amide bonds. The summed E-state index contributed by atoms with van der Waals surface area (Å²) in [7, 11) is 0. The molecule has 0 atom stereocenters. The first kappa shape index (κ1) is 13.0. The fourth-order valence-corrected chi connectivity index (χ4v) is 2.77. The standard InChI is InChI=1S/C15H12NO2.Pt/c1-2-6-12-11(5-1)14-13(7-3-8-16-14)15(12)17-9-4-10-18-15;/h1-3,6-8H,4,9-10H2;/q-1;. The zero-order chi connectivity index (χ0) is 12.0. The van der Waals surface area contributed by atoms with E-state index in [-0.39, 0.29) is 21.1 Å². The predicted molar refractivity (Wildman–Crippen MR) is 65.8 cm³/mol. The van der Waals surface area contributed by atoms with Gasteiger partial charge in [0.1, 0.15) is 0 Å². The van der Waals surface area contributed by atoms with E-state index in [1.165, 1.54) is 0 Å². The molecule has 3 nitrogen and oxygen atoms in total. The number of pyridine rings is 1. The summed E-state index contributed by atoms with van der Waals surface area (Å²) in [5.74, 6) is -0.755. The van der Waals surface area contributed by atoms with Gasteiger partial charge in [0.2, 0.25) is 0 Å². The molecule has 2 aliphatic rings. The van der Waals surface area contributed by atoms with Crippen LogP contribution in [0.1, 0.15) is 17.5 Å². The third kappa shape index (κ3) is 1.73. The van der Waals surface area contributed by atoms with E-state index in [0.717, 1.165) is 28.8 Å². The molecule has 1 spiro atoms. The largest absolute Gasteiger partial charge is 0.350 e. The Balaban J connectivity index is 0.00000110. The maximum absolute atomic E-state index is 6.00. The van der Waals surface area contributed by atoms with Crippen LogP contribution in [0.3, 0.4) is 0 Å². The zero-order valence-corrected chi connectivity index (χ0v) is 12.4. The summed E-state index contributed by atoms with van der Waals surface area (Å²) < 4.78 is 12.0. The van der Waals surface area contributed by atoms with Crippen molar-refractivity contribution in [3.63, 3.8) is 0 Å². The van der Waals surface area contributed by atoms with Gasteiger partial charge in [-0.15, -0.1) is 29.8 Å². The maximum atomic E-state index is 6.00. The fourth-order valence-electron chi connectivity index (χ4n) is 2.77. The van der Waals surface area contributed by atoms with E-state index >= 15 is 0 Å². The van der Waals surface area contributed by atoms with Gasteiger partial charge in [0.25, 0.3) is 0 Å². The summed E-state index contributed by atoms with van der Waals surface area (Å²) in [4.78, 5) is 4.46. The Hall–Kier alpha value is -1.02. The molecule has 2 heterocycles. The molecule has 100 valence electrons. The van der Waals surface area contributed by atoms with E-state index in [9.17, 15) is 0 Å². The second-order valence-electron chi connectivity index (χ2n) is 4.53. The van der Waals surface area contributed by atoms with Gasteiger partial charge in [-0.3, -0.25) is 0 Å². The minimum absolute atomic E-state index is 0. The number of hydrogen-bond acceptors (Lipinski definition) is 3. The van der Waals surface area contributed by atoms with Gasteiger partial charge in [-0.05, 0) is 23.7 Å². The Morgan fingerprint density at radius 2 is 1.89 bits per heavy atom. The number of benzene rings is 1. The minimum atomic E-state index is -0.755. The van der Waals surface area contributed by atoms with Crippen molar-refractivity contribution in [3.8, 4) is 11.3 Å². The molecule has 19 heavy (non-hydrogen) atoms. The summed E-state index contributed by atoms with van der Waals surface area (Å²) >= 11 is 0. The molecular weight excluding hydrogens is 421 g/mol. The summed E-state index contributed by atoms with van der Waals surface area (Å²) in [6.45, 7) is 1.42. The van der Waals surface area contributed by atoms with Crippen LogP contribution in [-0.2, 0) is 36.3 Å². The molecule has 1 aromatic heterocycles. The average Bonchev–Trinajstić information content (AvgIpc) is 2.72. The second kappa shape index (κ2) is 4.82. The van der Waals surface area contributed by atoms with Crippen molar-refractivity contribution in [2.24, 2.45) is 0 Å². The van der Waals surface area contributed by atoms with Crippen molar-refractivity contribution in [1.29, 1.82) is 0 Å².